The molecule has 0 aliphatic heterocycles. The normalized spacial score (nSPS) is 13.6. The Morgan fingerprint density at radius 3 is 2.67 bits per heavy atom. The van der Waals surface area contributed by atoms with Crippen molar-refractivity contribution in [3.05, 3.63) is 38.9 Å². The maximum absolute atomic E-state index is 10.8. The van der Waals surface area contributed by atoms with Gasteiger partial charge in [-0.1, -0.05) is 24.9 Å². The largest absolute Gasteiger partial charge is 0.391 e. The van der Waals surface area contributed by atoms with Gasteiger partial charge in [-0.2, -0.15) is 0 Å². The smallest absolute Gasteiger partial charge is 0.274 e. The highest BCUT2D eigenvalue weighted by molar-refractivity contribution is 6.30. The van der Waals surface area contributed by atoms with Gasteiger partial charge < -0.3 is 10.8 Å². The lowest BCUT2D eigenvalue weighted by Gasteiger charge is -2.18. The lowest BCUT2D eigenvalue weighted by molar-refractivity contribution is -0.385. The summed E-state index contributed by atoms with van der Waals surface area (Å²) in [6, 6.07) is 3.37. The molecule has 0 aliphatic carbocycles. The van der Waals surface area contributed by atoms with Crippen LogP contribution in [-0.4, -0.2) is 16.1 Å². The number of rotatable bonds is 5. The lowest BCUT2D eigenvalue weighted by atomic mass is 9.98. The number of nitro groups is 1. The molecule has 2 atom stereocenters. The highest BCUT2D eigenvalue weighted by Crippen LogP contribution is 2.29. The maximum atomic E-state index is 10.8. The van der Waals surface area contributed by atoms with E-state index in [-0.39, 0.29) is 23.7 Å². The van der Waals surface area contributed by atoms with Gasteiger partial charge in [-0.05, 0) is 18.6 Å². The molecule has 1 aromatic carbocycles. The molecule has 102 valence electrons. The summed E-state index contributed by atoms with van der Waals surface area (Å²) in [5, 5.41) is 21.0. The first-order valence-corrected chi connectivity index (χ1v) is 5.72. The number of hydrogen-bond donors (Lipinski definition) is 2. The Hall–Kier alpha value is -0.880. The van der Waals surface area contributed by atoms with E-state index in [4.69, 9.17) is 17.3 Å². The van der Waals surface area contributed by atoms with Crippen molar-refractivity contribution in [1.82, 2.24) is 0 Å². The van der Waals surface area contributed by atoms with Crippen LogP contribution in [0, 0.1) is 10.1 Å². The number of nitrogens with two attached hydrogens (primary N) is 1. The third-order valence-electron chi connectivity index (χ3n) is 2.54. The standard InChI is InChI=1S/C11H15ClN2O3.ClH/c1-2-3-10(15)11(13)8-6-7(12)4-5-9(8)14(16)17;/h4-6,10-11,15H,2-3,13H2,1H3;1H/t10-,11+;/m0./s1. The van der Waals surface area contributed by atoms with Crippen molar-refractivity contribution in [1.29, 1.82) is 0 Å². The second-order valence-corrected chi connectivity index (χ2v) is 4.28. The minimum absolute atomic E-state index is 0. The summed E-state index contributed by atoms with van der Waals surface area (Å²) in [5.74, 6) is 0. The summed E-state index contributed by atoms with van der Waals surface area (Å²) in [7, 11) is 0. The van der Waals surface area contributed by atoms with E-state index >= 15 is 0 Å². The van der Waals surface area contributed by atoms with Gasteiger partial charge in [0.25, 0.3) is 5.69 Å². The third kappa shape index (κ3) is 4.10. The Morgan fingerprint density at radius 1 is 1.56 bits per heavy atom. The van der Waals surface area contributed by atoms with Crippen LogP contribution in [0.3, 0.4) is 0 Å². The van der Waals surface area contributed by atoms with Crippen molar-refractivity contribution < 1.29 is 10.0 Å². The Bertz CT molecular complexity index is 415. The summed E-state index contributed by atoms with van der Waals surface area (Å²) in [6.45, 7) is 1.91. The predicted molar refractivity (Wildman–Crippen MR) is 73.2 cm³/mol. The molecule has 5 nitrogen and oxygen atoms in total. The maximum Gasteiger partial charge on any atom is 0.274 e. The number of aliphatic hydroxyl groups excluding tert-OH is 1. The summed E-state index contributed by atoms with van der Waals surface area (Å²) < 4.78 is 0. The minimum Gasteiger partial charge on any atom is -0.391 e. The van der Waals surface area contributed by atoms with Crippen LogP contribution in [0.5, 0.6) is 0 Å². The zero-order valence-corrected chi connectivity index (χ0v) is 11.4. The van der Waals surface area contributed by atoms with Crippen LogP contribution in [0.15, 0.2) is 18.2 Å². The first-order valence-electron chi connectivity index (χ1n) is 5.34. The third-order valence-corrected chi connectivity index (χ3v) is 2.78. The van der Waals surface area contributed by atoms with Crippen molar-refractivity contribution in [2.75, 3.05) is 0 Å². The first-order chi connectivity index (χ1) is 7.97. The van der Waals surface area contributed by atoms with Crippen LogP contribution in [-0.2, 0) is 0 Å². The van der Waals surface area contributed by atoms with Crippen LogP contribution < -0.4 is 5.73 Å². The van der Waals surface area contributed by atoms with Crippen LogP contribution in [0.25, 0.3) is 0 Å². The molecular formula is C11H16Cl2N2O3. The second kappa shape index (κ2) is 7.53. The molecular weight excluding hydrogens is 279 g/mol. The Labute approximate surface area is 116 Å². The molecule has 1 rings (SSSR count). The molecule has 0 saturated heterocycles. The van der Waals surface area contributed by atoms with E-state index < -0.39 is 17.1 Å². The van der Waals surface area contributed by atoms with E-state index in [9.17, 15) is 15.2 Å². The summed E-state index contributed by atoms with van der Waals surface area (Å²) in [4.78, 5) is 10.3. The highest BCUT2D eigenvalue weighted by atomic mass is 35.5. The zero-order valence-electron chi connectivity index (χ0n) is 9.88. The number of halogens is 2. The van der Waals surface area contributed by atoms with Gasteiger partial charge in [0.15, 0.2) is 0 Å². The molecule has 0 heterocycles. The van der Waals surface area contributed by atoms with E-state index in [1.165, 1.54) is 18.2 Å². The number of benzene rings is 1. The average Bonchev–Trinajstić information content (AvgIpc) is 2.27. The zero-order chi connectivity index (χ0) is 13.0. The second-order valence-electron chi connectivity index (χ2n) is 3.84. The van der Waals surface area contributed by atoms with Crippen LogP contribution >= 0.6 is 24.0 Å². The number of nitrogens with zero attached hydrogens (tertiary/aromatic N) is 1. The first kappa shape index (κ1) is 17.1. The minimum atomic E-state index is -0.808. The van der Waals surface area contributed by atoms with Gasteiger partial charge in [-0.3, -0.25) is 10.1 Å². The fourth-order valence-electron chi connectivity index (χ4n) is 1.64. The van der Waals surface area contributed by atoms with E-state index in [0.29, 0.717) is 11.4 Å². The van der Waals surface area contributed by atoms with Crippen molar-refractivity contribution in [3.8, 4) is 0 Å². The molecule has 0 aromatic heterocycles. The van der Waals surface area contributed by atoms with E-state index in [1.807, 2.05) is 6.92 Å². The molecule has 0 fully saturated rings. The van der Waals surface area contributed by atoms with Gasteiger partial charge >= 0.3 is 0 Å². The van der Waals surface area contributed by atoms with Crippen molar-refractivity contribution >= 4 is 29.7 Å². The molecule has 0 bridgehead atoms. The molecule has 0 saturated carbocycles. The fraction of sp³-hybridized carbons (Fsp3) is 0.455. The quantitative estimate of drug-likeness (QED) is 0.645. The van der Waals surface area contributed by atoms with Gasteiger partial charge in [0.2, 0.25) is 0 Å². The van der Waals surface area contributed by atoms with Crippen LogP contribution in [0.1, 0.15) is 31.4 Å². The Morgan fingerprint density at radius 2 is 2.17 bits per heavy atom. The van der Waals surface area contributed by atoms with E-state index in [0.717, 1.165) is 6.42 Å². The molecule has 0 unspecified atom stereocenters. The Balaban J connectivity index is 0.00000289. The van der Waals surface area contributed by atoms with Gasteiger partial charge in [0.1, 0.15) is 0 Å². The Kier molecular flexibility index (Phi) is 7.16. The fourth-order valence-corrected chi connectivity index (χ4v) is 1.82. The average molecular weight is 295 g/mol. The van der Waals surface area contributed by atoms with Gasteiger partial charge in [0.05, 0.1) is 22.6 Å². The lowest BCUT2D eigenvalue weighted by Crippen LogP contribution is -2.26. The molecule has 0 amide bonds. The molecule has 1 aromatic rings. The van der Waals surface area contributed by atoms with Crippen molar-refractivity contribution in [2.24, 2.45) is 5.73 Å². The van der Waals surface area contributed by atoms with Gasteiger partial charge in [-0.15, -0.1) is 12.4 Å². The van der Waals surface area contributed by atoms with Gasteiger partial charge in [0, 0.05) is 11.1 Å². The monoisotopic (exact) mass is 294 g/mol. The number of hydrogen-bond acceptors (Lipinski definition) is 4. The summed E-state index contributed by atoms with van der Waals surface area (Å²) >= 11 is 5.79. The summed E-state index contributed by atoms with van der Waals surface area (Å²) in [5.41, 5.74) is 5.97. The van der Waals surface area contributed by atoms with Crippen LogP contribution in [0.4, 0.5) is 5.69 Å². The highest BCUT2D eigenvalue weighted by Gasteiger charge is 2.24. The van der Waals surface area contributed by atoms with Gasteiger partial charge in [-0.25, -0.2) is 0 Å². The molecule has 0 aliphatic rings. The summed E-state index contributed by atoms with van der Waals surface area (Å²) in [6.07, 6.45) is 0.436. The van der Waals surface area contributed by atoms with Crippen molar-refractivity contribution in [2.45, 2.75) is 31.9 Å². The molecule has 7 heteroatoms. The molecule has 0 spiro atoms. The SMILES string of the molecule is CCC[C@H](O)[C@H](N)c1cc(Cl)ccc1[N+](=O)[O-].Cl. The van der Waals surface area contributed by atoms with E-state index in [1.54, 1.807) is 0 Å². The topological polar surface area (TPSA) is 89.4 Å². The van der Waals surface area contributed by atoms with Crippen molar-refractivity contribution in [3.63, 3.8) is 0 Å². The number of nitro benzene ring substituents is 1. The van der Waals surface area contributed by atoms with Crippen LogP contribution in [0.2, 0.25) is 5.02 Å². The molecule has 0 radical (unpaired) electrons. The number of aliphatic hydroxyl groups is 1. The molecule has 18 heavy (non-hydrogen) atoms. The van der Waals surface area contributed by atoms with E-state index in [2.05, 4.69) is 0 Å². The molecule has 3 N–H and O–H groups in total. The predicted octanol–water partition coefficient (Wildman–Crippen LogP) is 2.83.